The quantitative estimate of drug-likeness (QED) is 0.369. The van der Waals surface area contributed by atoms with Crippen LogP contribution in [0.1, 0.15) is 76.7 Å². The molecular weight excluding hydrogens is 312 g/mol. The Hall–Kier alpha value is -0.470. The van der Waals surface area contributed by atoms with Crippen molar-refractivity contribution in [3.8, 4) is 0 Å². The molecule has 1 nitrogen and oxygen atoms in total. The third-order valence-corrected chi connectivity index (χ3v) is 6.22. The van der Waals surface area contributed by atoms with Gasteiger partial charge in [-0.3, -0.25) is 0 Å². The summed E-state index contributed by atoms with van der Waals surface area (Å²) in [4.78, 5) is 0. The van der Waals surface area contributed by atoms with Gasteiger partial charge in [0.25, 0.3) is 0 Å². The highest BCUT2D eigenvalue weighted by molar-refractivity contribution is 7.99. The lowest BCUT2D eigenvalue weighted by Gasteiger charge is -2.11. The molecule has 0 amide bonds. The number of hydrogen-bond acceptors (Lipinski definition) is 2. The number of rotatable bonds is 13. The molecule has 1 aromatic rings. The van der Waals surface area contributed by atoms with Crippen LogP contribution in [0.4, 0.5) is 0 Å². The fourth-order valence-corrected chi connectivity index (χ4v) is 4.60. The van der Waals surface area contributed by atoms with Crippen LogP contribution in [0.3, 0.4) is 0 Å². The van der Waals surface area contributed by atoms with Gasteiger partial charge in [0.1, 0.15) is 0 Å². The number of benzene rings is 1. The van der Waals surface area contributed by atoms with Gasteiger partial charge in [0.2, 0.25) is 0 Å². The molecule has 2 unspecified atom stereocenters. The van der Waals surface area contributed by atoms with Crippen molar-refractivity contribution < 1.29 is 4.74 Å². The Kier molecular flexibility index (Phi) is 10.6. The Balaban J connectivity index is 1.33. The summed E-state index contributed by atoms with van der Waals surface area (Å²) in [7, 11) is 0. The zero-order valence-electron chi connectivity index (χ0n) is 15.6. The van der Waals surface area contributed by atoms with E-state index in [4.69, 9.17) is 4.74 Å². The normalized spacial score (nSPS) is 18.8. The summed E-state index contributed by atoms with van der Waals surface area (Å²) in [6, 6.07) is 10.9. The topological polar surface area (TPSA) is 9.23 Å². The maximum absolute atomic E-state index is 5.68. The SMILES string of the molecule is CC(Cc1ccccc1)SCCCCCCCCCC1CCCO1. The van der Waals surface area contributed by atoms with Gasteiger partial charge in [-0.2, -0.15) is 11.8 Å². The Morgan fingerprint density at radius 2 is 1.71 bits per heavy atom. The van der Waals surface area contributed by atoms with E-state index in [1.165, 1.54) is 81.9 Å². The van der Waals surface area contributed by atoms with Gasteiger partial charge in [-0.15, -0.1) is 0 Å². The average Bonchev–Trinajstić information content (AvgIpc) is 3.11. The minimum absolute atomic E-state index is 0.597. The van der Waals surface area contributed by atoms with E-state index in [1.807, 2.05) is 0 Å². The van der Waals surface area contributed by atoms with Gasteiger partial charge in [-0.25, -0.2) is 0 Å². The second-order valence-electron chi connectivity index (χ2n) is 7.27. The van der Waals surface area contributed by atoms with Crippen LogP contribution in [0.25, 0.3) is 0 Å². The highest BCUT2D eigenvalue weighted by atomic mass is 32.2. The van der Waals surface area contributed by atoms with E-state index in [9.17, 15) is 0 Å². The van der Waals surface area contributed by atoms with E-state index >= 15 is 0 Å². The first-order chi connectivity index (χ1) is 11.8. The lowest BCUT2D eigenvalue weighted by atomic mass is 10.1. The van der Waals surface area contributed by atoms with Crippen LogP contribution < -0.4 is 0 Å². The fourth-order valence-electron chi connectivity index (χ4n) is 3.52. The number of unbranched alkanes of at least 4 members (excludes halogenated alkanes) is 6. The second-order valence-corrected chi connectivity index (χ2v) is 8.82. The van der Waals surface area contributed by atoms with E-state index in [1.54, 1.807) is 0 Å². The molecule has 24 heavy (non-hydrogen) atoms. The molecular formula is C22H36OS. The summed E-state index contributed by atoms with van der Waals surface area (Å²) >= 11 is 2.14. The Morgan fingerprint density at radius 1 is 1.00 bits per heavy atom. The molecule has 0 spiro atoms. The van der Waals surface area contributed by atoms with Gasteiger partial charge in [-0.1, -0.05) is 75.8 Å². The van der Waals surface area contributed by atoms with Crippen LogP contribution >= 0.6 is 11.8 Å². The smallest absolute Gasteiger partial charge is 0.0576 e. The van der Waals surface area contributed by atoms with E-state index in [2.05, 4.69) is 49.0 Å². The van der Waals surface area contributed by atoms with E-state index in [0.29, 0.717) is 6.10 Å². The predicted octanol–water partition coefficient (Wildman–Crippen LogP) is 6.65. The van der Waals surface area contributed by atoms with Crippen molar-refractivity contribution in [2.24, 2.45) is 0 Å². The largest absolute Gasteiger partial charge is 0.378 e. The lowest BCUT2D eigenvalue weighted by Crippen LogP contribution is -2.03. The van der Waals surface area contributed by atoms with E-state index in [0.717, 1.165) is 11.9 Å². The van der Waals surface area contributed by atoms with Crippen molar-refractivity contribution in [1.29, 1.82) is 0 Å². The van der Waals surface area contributed by atoms with Gasteiger partial charge in [0.05, 0.1) is 6.10 Å². The Labute approximate surface area is 154 Å². The zero-order valence-corrected chi connectivity index (χ0v) is 16.4. The monoisotopic (exact) mass is 348 g/mol. The van der Waals surface area contributed by atoms with E-state index in [-0.39, 0.29) is 0 Å². The van der Waals surface area contributed by atoms with Crippen LogP contribution in [0.15, 0.2) is 30.3 Å². The molecule has 0 bridgehead atoms. The molecule has 1 aliphatic heterocycles. The first-order valence-electron chi connectivity index (χ1n) is 10.1. The number of ether oxygens (including phenoxy) is 1. The number of thioether (sulfide) groups is 1. The lowest BCUT2D eigenvalue weighted by molar-refractivity contribution is 0.102. The summed E-state index contributed by atoms with van der Waals surface area (Å²) < 4.78 is 5.68. The Bertz CT molecular complexity index is 400. The summed E-state index contributed by atoms with van der Waals surface area (Å²) in [5.41, 5.74) is 1.47. The zero-order chi connectivity index (χ0) is 16.9. The van der Waals surface area contributed by atoms with Crippen molar-refractivity contribution in [2.75, 3.05) is 12.4 Å². The standard InChI is InChI=1S/C22H36OS/c1-20(19-21-13-8-7-9-14-21)24-18-11-6-4-2-3-5-10-15-22-16-12-17-23-22/h7-9,13-14,20,22H,2-6,10-12,15-19H2,1H3. The van der Waals surface area contributed by atoms with Gasteiger partial charge in [0.15, 0.2) is 0 Å². The van der Waals surface area contributed by atoms with Crippen LogP contribution in [0, 0.1) is 0 Å². The number of hydrogen-bond donors (Lipinski definition) is 0. The van der Waals surface area contributed by atoms with Crippen LogP contribution in [-0.2, 0) is 11.2 Å². The molecule has 2 atom stereocenters. The van der Waals surface area contributed by atoms with Gasteiger partial charge >= 0.3 is 0 Å². The summed E-state index contributed by atoms with van der Waals surface area (Å²) in [6.45, 7) is 3.37. The first-order valence-corrected chi connectivity index (χ1v) is 11.2. The molecule has 0 radical (unpaired) electrons. The molecule has 1 saturated heterocycles. The predicted molar refractivity (Wildman–Crippen MR) is 108 cm³/mol. The minimum Gasteiger partial charge on any atom is -0.378 e. The van der Waals surface area contributed by atoms with Crippen molar-refractivity contribution >= 4 is 11.8 Å². The van der Waals surface area contributed by atoms with Crippen LogP contribution in [0.2, 0.25) is 0 Å². The van der Waals surface area contributed by atoms with Crippen molar-refractivity contribution in [1.82, 2.24) is 0 Å². The molecule has 1 aromatic carbocycles. The van der Waals surface area contributed by atoms with Crippen molar-refractivity contribution in [2.45, 2.75) is 88.9 Å². The molecule has 1 fully saturated rings. The van der Waals surface area contributed by atoms with Crippen molar-refractivity contribution in [3.05, 3.63) is 35.9 Å². The molecule has 1 aliphatic rings. The Morgan fingerprint density at radius 3 is 2.42 bits per heavy atom. The molecule has 0 N–H and O–H groups in total. The van der Waals surface area contributed by atoms with Gasteiger partial charge in [0, 0.05) is 11.9 Å². The minimum atomic E-state index is 0.597. The third kappa shape index (κ3) is 9.13. The molecule has 0 aliphatic carbocycles. The highest BCUT2D eigenvalue weighted by Crippen LogP contribution is 2.20. The summed E-state index contributed by atoms with van der Waals surface area (Å²) in [6.07, 6.45) is 15.5. The summed E-state index contributed by atoms with van der Waals surface area (Å²) in [5.74, 6) is 1.33. The molecule has 1 heterocycles. The van der Waals surface area contributed by atoms with Crippen LogP contribution in [-0.4, -0.2) is 23.7 Å². The molecule has 2 heteroatoms. The molecule has 136 valence electrons. The maximum Gasteiger partial charge on any atom is 0.0576 e. The van der Waals surface area contributed by atoms with E-state index < -0.39 is 0 Å². The average molecular weight is 349 g/mol. The summed E-state index contributed by atoms with van der Waals surface area (Å²) in [5, 5.41) is 0.741. The second kappa shape index (κ2) is 12.8. The molecule has 0 saturated carbocycles. The van der Waals surface area contributed by atoms with Gasteiger partial charge in [-0.05, 0) is 43.4 Å². The molecule has 2 rings (SSSR count). The maximum atomic E-state index is 5.68. The third-order valence-electron chi connectivity index (χ3n) is 4.96. The first kappa shape index (κ1) is 19.8. The highest BCUT2D eigenvalue weighted by Gasteiger charge is 2.14. The van der Waals surface area contributed by atoms with Crippen LogP contribution in [0.5, 0.6) is 0 Å². The van der Waals surface area contributed by atoms with Gasteiger partial charge < -0.3 is 4.74 Å². The molecule has 0 aromatic heterocycles. The van der Waals surface area contributed by atoms with Crippen molar-refractivity contribution in [3.63, 3.8) is 0 Å². The fraction of sp³-hybridized carbons (Fsp3) is 0.727.